The van der Waals surface area contributed by atoms with E-state index in [1.807, 2.05) is 12.1 Å². The Labute approximate surface area is 128 Å². The first-order valence-electron chi connectivity index (χ1n) is 7.05. The van der Waals surface area contributed by atoms with E-state index in [2.05, 4.69) is 39.9 Å². The van der Waals surface area contributed by atoms with Crippen LogP contribution in [0, 0.1) is 6.92 Å². The van der Waals surface area contributed by atoms with Gasteiger partial charge < -0.3 is 15.8 Å². The van der Waals surface area contributed by atoms with E-state index >= 15 is 0 Å². The van der Waals surface area contributed by atoms with Crippen molar-refractivity contribution in [1.82, 2.24) is 0 Å². The molecule has 1 saturated carbocycles. The smallest absolute Gasteiger partial charge is 0.172 e. The van der Waals surface area contributed by atoms with Gasteiger partial charge in [-0.1, -0.05) is 11.2 Å². The Kier molecular flexibility index (Phi) is 3.84. The molecule has 0 radical (unpaired) electrons. The molecule has 0 aliphatic heterocycles. The highest BCUT2D eigenvalue weighted by atomic mass is 32.1. The van der Waals surface area contributed by atoms with Crippen molar-refractivity contribution < 1.29 is 5.21 Å². The highest BCUT2D eigenvalue weighted by molar-refractivity contribution is 7.07. The van der Waals surface area contributed by atoms with Crippen LogP contribution in [0.15, 0.2) is 40.2 Å². The molecule has 110 valence electrons. The second kappa shape index (κ2) is 5.77. The van der Waals surface area contributed by atoms with Gasteiger partial charge in [-0.25, -0.2) is 0 Å². The fourth-order valence-corrected chi connectivity index (χ4v) is 3.19. The van der Waals surface area contributed by atoms with Crippen LogP contribution in [0.25, 0.3) is 0 Å². The summed E-state index contributed by atoms with van der Waals surface area (Å²) < 4.78 is 0. The Morgan fingerprint density at radius 2 is 2.24 bits per heavy atom. The molecule has 1 fully saturated rings. The molecule has 0 spiro atoms. The molecule has 2 aromatic rings. The first kappa shape index (κ1) is 13.9. The van der Waals surface area contributed by atoms with E-state index in [9.17, 15) is 0 Å². The summed E-state index contributed by atoms with van der Waals surface area (Å²) in [5.74, 6) is 0.168. The molecule has 0 amide bonds. The van der Waals surface area contributed by atoms with Crippen LogP contribution in [0.2, 0.25) is 0 Å². The summed E-state index contributed by atoms with van der Waals surface area (Å²) in [5, 5.41) is 16.5. The molecule has 4 nitrogen and oxygen atoms in total. The second-order valence-electron chi connectivity index (χ2n) is 5.50. The number of benzene rings is 1. The molecule has 0 unspecified atom stereocenters. The first-order chi connectivity index (χ1) is 10.2. The van der Waals surface area contributed by atoms with E-state index in [1.165, 1.54) is 24.0 Å². The lowest BCUT2D eigenvalue weighted by molar-refractivity contribution is 0.318. The molecule has 1 aliphatic carbocycles. The SMILES string of the molecule is Cc1ccc(C(N)=NO)c(N(Cc2ccsc2)C2CC2)c1. The lowest BCUT2D eigenvalue weighted by atomic mass is 10.1. The van der Waals surface area contributed by atoms with Crippen molar-refractivity contribution >= 4 is 22.9 Å². The van der Waals surface area contributed by atoms with E-state index in [-0.39, 0.29) is 5.84 Å². The van der Waals surface area contributed by atoms with Gasteiger partial charge in [-0.2, -0.15) is 11.3 Å². The summed E-state index contributed by atoms with van der Waals surface area (Å²) in [5.41, 5.74) is 10.2. The predicted molar refractivity (Wildman–Crippen MR) is 87.2 cm³/mol. The molecule has 5 heteroatoms. The van der Waals surface area contributed by atoms with Crippen LogP contribution < -0.4 is 10.6 Å². The van der Waals surface area contributed by atoms with Gasteiger partial charge in [0, 0.05) is 23.8 Å². The van der Waals surface area contributed by atoms with Crippen LogP contribution in [0.4, 0.5) is 5.69 Å². The van der Waals surface area contributed by atoms with Gasteiger partial charge in [0.2, 0.25) is 0 Å². The first-order valence-corrected chi connectivity index (χ1v) is 7.99. The van der Waals surface area contributed by atoms with Crippen LogP contribution in [0.1, 0.15) is 29.5 Å². The third-order valence-electron chi connectivity index (χ3n) is 3.77. The van der Waals surface area contributed by atoms with E-state index in [1.54, 1.807) is 11.3 Å². The number of aryl methyl sites for hydroxylation is 1. The maximum Gasteiger partial charge on any atom is 0.172 e. The average Bonchev–Trinajstić information content (AvgIpc) is 3.20. The highest BCUT2D eigenvalue weighted by Gasteiger charge is 2.31. The fourth-order valence-electron chi connectivity index (χ4n) is 2.53. The molecule has 3 N–H and O–H groups in total. The zero-order valence-electron chi connectivity index (χ0n) is 12.0. The zero-order valence-corrected chi connectivity index (χ0v) is 12.8. The van der Waals surface area contributed by atoms with Crippen LogP contribution in [0.3, 0.4) is 0 Å². The number of hydrogen-bond donors (Lipinski definition) is 2. The number of anilines is 1. The Hall–Kier alpha value is -2.01. The number of oxime groups is 1. The minimum atomic E-state index is 0.168. The molecule has 3 rings (SSSR count). The molecular weight excluding hydrogens is 282 g/mol. The molecule has 0 saturated heterocycles. The van der Waals surface area contributed by atoms with Crippen LogP contribution in [-0.2, 0) is 6.54 Å². The summed E-state index contributed by atoms with van der Waals surface area (Å²) in [6.07, 6.45) is 2.40. The Balaban J connectivity index is 2.00. The van der Waals surface area contributed by atoms with Crippen LogP contribution in [0.5, 0.6) is 0 Å². The molecular formula is C16H19N3OS. The van der Waals surface area contributed by atoms with Crippen LogP contribution in [-0.4, -0.2) is 17.1 Å². The summed E-state index contributed by atoms with van der Waals surface area (Å²) in [7, 11) is 0. The molecule has 0 bridgehead atoms. The standard InChI is InChI=1S/C16H19N3OS/c1-11-2-5-14(16(17)18-20)15(8-11)19(13-3-4-13)9-12-6-7-21-10-12/h2,5-8,10,13,20H,3-4,9H2,1H3,(H2,17,18). The van der Waals surface area contributed by atoms with E-state index < -0.39 is 0 Å². The van der Waals surface area contributed by atoms with Gasteiger partial charge in [0.25, 0.3) is 0 Å². The minimum Gasteiger partial charge on any atom is -0.409 e. The van der Waals surface area contributed by atoms with Gasteiger partial charge >= 0.3 is 0 Å². The number of rotatable bonds is 5. The highest BCUT2D eigenvalue weighted by Crippen LogP contribution is 2.35. The molecule has 1 aromatic carbocycles. The summed E-state index contributed by atoms with van der Waals surface area (Å²) in [4.78, 5) is 2.38. The van der Waals surface area contributed by atoms with Gasteiger partial charge in [-0.05, 0) is 59.9 Å². The molecule has 21 heavy (non-hydrogen) atoms. The maximum atomic E-state index is 9.02. The Morgan fingerprint density at radius 1 is 1.43 bits per heavy atom. The molecule has 1 aliphatic rings. The Morgan fingerprint density at radius 3 is 2.86 bits per heavy atom. The Bertz CT molecular complexity index is 648. The summed E-state index contributed by atoms with van der Waals surface area (Å²) >= 11 is 1.71. The lowest BCUT2D eigenvalue weighted by Gasteiger charge is -2.27. The number of thiophene rings is 1. The maximum absolute atomic E-state index is 9.02. The number of hydrogen-bond acceptors (Lipinski definition) is 4. The van der Waals surface area contributed by atoms with Crippen molar-refractivity contribution in [2.75, 3.05) is 4.90 Å². The average molecular weight is 301 g/mol. The fraction of sp³-hybridized carbons (Fsp3) is 0.312. The van der Waals surface area contributed by atoms with Crippen molar-refractivity contribution in [1.29, 1.82) is 0 Å². The van der Waals surface area contributed by atoms with Gasteiger partial charge in [0.05, 0.1) is 0 Å². The van der Waals surface area contributed by atoms with E-state index in [4.69, 9.17) is 10.9 Å². The third kappa shape index (κ3) is 3.03. The van der Waals surface area contributed by atoms with Crippen molar-refractivity contribution in [3.8, 4) is 0 Å². The third-order valence-corrected chi connectivity index (χ3v) is 4.50. The largest absolute Gasteiger partial charge is 0.409 e. The zero-order chi connectivity index (χ0) is 14.8. The van der Waals surface area contributed by atoms with Gasteiger partial charge in [-0.15, -0.1) is 0 Å². The van der Waals surface area contributed by atoms with E-state index in [0.29, 0.717) is 6.04 Å². The number of amidine groups is 1. The van der Waals surface area contributed by atoms with Crippen molar-refractivity contribution in [2.24, 2.45) is 10.9 Å². The summed E-state index contributed by atoms with van der Waals surface area (Å²) in [6, 6.07) is 8.75. The predicted octanol–water partition coefficient (Wildman–Crippen LogP) is 3.32. The van der Waals surface area contributed by atoms with Gasteiger partial charge in [-0.3, -0.25) is 0 Å². The normalized spacial score (nSPS) is 15.2. The lowest BCUT2D eigenvalue weighted by Crippen LogP contribution is -2.28. The van der Waals surface area contributed by atoms with E-state index in [0.717, 1.165) is 17.8 Å². The summed E-state index contributed by atoms with van der Waals surface area (Å²) in [6.45, 7) is 2.93. The van der Waals surface area contributed by atoms with Crippen LogP contribution >= 0.6 is 11.3 Å². The monoisotopic (exact) mass is 301 g/mol. The van der Waals surface area contributed by atoms with Crippen molar-refractivity contribution in [2.45, 2.75) is 32.4 Å². The minimum absolute atomic E-state index is 0.168. The van der Waals surface area contributed by atoms with Gasteiger partial charge in [0.1, 0.15) is 0 Å². The van der Waals surface area contributed by atoms with Crippen molar-refractivity contribution in [3.63, 3.8) is 0 Å². The molecule has 1 aromatic heterocycles. The molecule has 0 atom stereocenters. The van der Waals surface area contributed by atoms with Crippen molar-refractivity contribution in [3.05, 3.63) is 51.7 Å². The van der Waals surface area contributed by atoms with Gasteiger partial charge in [0.15, 0.2) is 5.84 Å². The second-order valence-corrected chi connectivity index (χ2v) is 6.28. The number of nitrogens with two attached hydrogens (primary N) is 1. The topological polar surface area (TPSA) is 61.9 Å². The quantitative estimate of drug-likeness (QED) is 0.385. The number of nitrogens with zero attached hydrogens (tertiary/aromatic N) is 2. The molecule has 1 heterocycles.